The predicted molar refractivity (Wildman–Crippen MR) is 68.4 cm³/mol. The van der Waals surface area contributed by atoms with Crippen molar-refractivity contribution in [2.75, 3.05) is 0 Å². The van der Waals surface area contributed by atoms with Crippen molar-refractivity contribution in [2.45, 2.75) is 12.5 Å². The Kier molecular flexibility index (Phi) is 3.94. The van der Waals surface area contributed by atoms with Crippen molar-refractivity contribution in [1.29, 1.82) is 0 Å². The zero-order valence-electron chi connectivity index (χ0n) is 9.54. The van der Waals surface area contributed by atoms with E-state index in [4.69, 9.17) is 17.3 Å². The minimum absolute atomic E-state index is 0.0526. The Bertz CT molecular complexity index is 557. The zero-order chi connectivity index (χ0) is 13.1. The highest BCUT2D eigenvalue weighted by Gasteiger charge is 2.11. The second kappa shape index (κ2) is 5.46. The lowest BCUT2D eigenvalue weighted by atomic mass is 9.99. The molecule has 2 rings (SSSR count). The number of hydrogen-bond acceptors (Lipinski definition) is 1. The molecule has 0 amide bonds. The Labute approximate surface area is 109 Å². The molecule has 0 aromatic heterocycles. The van der Waals surface area contributed by atoms with Gasteiger partial charge in [0.05, 0.1) is 5.02 Å². The van der Waals surface area contributed by atoms with Crippen LogP contribution < -0.4 is 5.73 Å². The summed E-state index contributed by atoms with van der Waals surface area (Å²) < 4.78 is 26.8. The lowest BCUT2D eigenvalue weighted by molar-refractivity contribution is 0.589. The SMILES string of the molecule is NC(Cc1ccccc1F)c1ccc(Cl)c(F)c1. The van der Waals surface area contributed by atoms with Crippen molar-refractivity contribution >= 4 is 11.6 Å². The summed E-state index contributed by atoms with van der Waals surface area (Å²) in [5, 5.41) is 0.0526. The van der Waals surface area contributed by atoms with Crippen LogP contribution in [0, 0.1) is 11.6 Å². The van der Waals surface area contributed by atoms with Gasteiger partial charge in [-0.1, -0.05) is 35.9 Å². The summed E-state index contributed by atoms with van der Waals surface area (Å²) in [6, 6.07) is 10.3. The van der Waals surface area contributed by atoms with Gasteiger partial charge >= 0.3 is 0 Å². The van der Waals surface area contributed by atoms with Crippen LogP contribution in [0.5, 0.6) is 0 Å². The molecule has 0 saturated heterocycles. The first kappa shape index (κ1) is 13.0. The molecule has 0 aliphatic carbocycles. The summed E-state index contributed by atoms with van der Waals surface area (Å²) in [5.74, 6) is -0.819. The molecule has 4 heteroatoms. The van der Waals surface area contributed by atoms with Gasteiger partial charge in [0, 0.05) is 6.04 Å². The van der Waals surface area contributed by atoms with Gasteiger partial charge in [-0.25, -0.2) is 8.78 Å². The standard InChI is InChI=1S/C14H12ClF2N/c15-11-6-5-10(7-13(11)17)14(18)8-9-3-1-2-4-12(9)16/h1-7,14H,8,18H2. The smallest absolute Gasteiger partial charge is 0.142 e. The monoisotopic (exact) mass is 267 g/mol. The van der Waals surface area contributed by atoms with E-state index in [9.17, 15) is 8.78 Å². The molecule has 0 bridgehead atoms. The van der Waals surface area contributed by atoms with Crippen molar-refractivity contribution in [3.63, 3.8) is 0 Å². The fraction of sp³-hybridized carbons (Fsp3) is 0.143. The zero-order valence-corrected chi connectivity index (χ0v) is 10.3. The van der Waals surface area contributed by atoms with Crippen molar-refractivity contribution in [1.82, 2.24) is 0 Å². The molecule has 0 aliphatic heterocycles. The number of rotatable bonds is 3. The first-order chi connectivity index (χ1) is 8.58. The summed E-state index contributed by atoms with van der Waals surface area (Å²) in [5.41, 5.74) is 7.05. The molecule has 1 nitrogen and oxygen atoms in total. The van der Waals surface area contributed by atoms with Crippen LogP contribution >= 0.6 is 11.6 Å². The summed E-state index contributed by atoms with van der Waals surface area (Å²) in [6.07, 6.45) is 0.313. The Hall–Kier alpha value is -1.45. The summed E-state index contributed by atoms with van der Waals surface area (Å²) in [4.78, 5) is 0. The molecular weight excluding hydrogens is 256 g/mol. The van der Waals surface area contributed by atoms with Gasteiger partial charge in [0.15, 0.2) is 0 Å². The van der Waals surface area contributed by atoms with Gasteiger partial charge in [-0.05, 0) is 35.7 Å². The van der Waals surface area contributed by atoms with E-state index in [1.54, 1.807) is 24.3 Å². The van der Waals surface area contributed by atoms with Gasteiger partial charge < -0.3 is 5.73 Å². The number of hydrogen-bond donors (Lipinski definition) is 1. The third-order valence-electron chi connectivity index (χ3n) is 2.77. The molecular formula is C14H12ClF2N. The summed E-state index contributed by atoms with van der Waals surface area (Å²) in [6.45, 7) is 0. The van der Waals surface area contributed by atoms with E-state index >= 15 is 0 Å². The quantitative estimate of drug-likeness (QED) is 0.898. The molecule has 2 N–H and O–H groups in total. The van der Waals surface area contributed by atoms with Gasteiger partial charge in [-0.3, -0.25) is 0 Å². The molecule has 0 saturated carbocycles. The molecule has 0 aliphatic rings. The van der Waals surface area contributed by atoms with Gasteiger partial charge in [-0.15, -0.1) is 0 Å². The lowest BCUT2D eigenvalue weighted by Gasteiger charge is -2.13. The van der Waals surface area contributed by atoms with E-state index in [0.717, 1.165) is 0 Å². The van der Waals surface area contributed by atoms with Crippen LogP contribution in [0.3, 0.4) is 0 Å². The molecule has 2 aromatic rings. The van der Waals surface area contributed by atoms with Crippen molar-refractivity contribution in [2.24, 2.45) is 5.73 Å². The Morgan fingerprint density at radius 3 is 2.44 bits per heavy atom. The highest BCUT2D eigenvalue weighted by Crippen LogP contribution is 2.22. The van der Waals surface area contributed by atoms with E-state index in [0.29, 0.717) is 17.5 Å². The van der Waals surface area contributed by atoms with Crippen molar-refractivity contribution in [3.8, 4) is 0 Å². The van der Waals surface area contributed by atoms with E-state index in [-0.39, 0.29) is 10.8 Å². The van der Waals surface area contributed by atoms with Gasteiger partial charge in [0.2, 0.25) is 0 Å². The minimum atomic E-state index is -0.516. The second-order valence-electron chi connectivity index (χ2n) is 4.08. The van der Waals surface area contributed by atoms with Crippen molar-refractivity contribution in [3.05, 3.63) is 70.2 Å². The second-order valence-corrected chi connectivity index (χ2v) is 4.48. The maximum Gasteiger partial charge on any atom is 0.142 e. The van der Waals surface area contributed by atoms with Crippen LogP contribution in [-0.4, -0.2) is 0 Å². The van der Waals surface area contributed by atoms with Gasteiger partial charge in [0.1, 0.15) is 11.6 Å². The van der Waals surface area contributed by atoms with Gasteiger partial charge in [0.25, 0.3) is 0 Å². The molecule has 0 radical (unpaired) electrons. The van der Waals surface area contributed by atoms with E-state index in [2.05, 4.69) is 0 Å². The highest BCUT2D eigenvalue weighted by molar-refractivity contribution is 6.30. The molecule has 0 heterocycles. The fourth-order valence-electron chi connectivity index (χ4n) is 1.76. The van der Waals surface area contributed by atoms with Crippen LogP contribution in [0.2, 0.25) is 5.02 Å². The Morgan fingerprint density at radius 1 is 1.06 bits per heavy atom. The van der Waals surface area contributed by atoms with E-state index < -0.39 is 11.9 Å². The minimum Gasteiger partial charge on any atom is -0.324 e. The third-order valence-corrected chi connectivity index (χ3v) is 3.08. The van der Waals surface area contributed by atoms with Crippen LogP contribution in [0.15, 0.2) is 42.5 Å². The van der Waals surface area contributed by atoms with Crippen LogP contribution in [-0.2, 0) is 6.42 Å². The third kappa shape index (κ3) is 2.86. The molecule has 0 fully saturated rings. The van der Waals surface area contributed by atoms with Crippen LogP contribution in [0.25, 0.3) is 0 Å². The predicted octanol–water partition coefficient (Wildman–Crippen LogP) is 3.86. The molecule has 1 atom stereocenters. The average molecular weight is 268 g/mol. The first-order valence-electron chi connectivity index (χ1n) is 5.52. The number of halogens is 3. The lowest BCUT2D eigenvalue weighted by Crippen LogP contribution is -2.14. The maximum atomic E-state index is 13.5. The largest absolute Gasteiger partial charge is 0.324 e. The average Bonchev–Trinajstić information content (AvgIpc) is 2.35. The molecule has 2 aromatic carbocycles. The molecule has 1 unspecified atom stereocenters. The van der Waals surface area contributed by atoms with E-state index in [1.807, 2.05) is 0 Å². The fourth-order valence-corrected chi connectivity index (χ4v) is 1.88. The van der Waals surface area contributed by atoms with Crippen molar-refractivity contribution < 1.29 is 8.78 Å². The Morgan fingerprint density at radius 2 is 1.78 bits per heavy atom. The molecule has 94 valence electrons. The maximum absolute atomic E-state index is 13.5. The number of nitrogens with two attached hydrogens (primary N) is 1. The van der Waals surface area contributed by atoms with Gasteiger partial charge in [-0.2, -0.15) is 0 Å². The number of benzene rings is 2. The molecule has 18 heavy (non-hydrogen) atoms. The molecule has 0 spiro atoms. The van der Waals surface area contributed by atoms with E-state index in [1.165, 1.54) is 18.2 Å². The summed E-state index contributed by atoms with van der Waals surface area (Å²) >= 11 is 5.59. The first-order valence-corrected chi connectivity index (χ1v) is 5.89. The highest BCUT2D eigenvalue weighted by atomic mass is 35.5. The van der Waals surface area contributed by atoms with Crippen LogP contribution in [0.4, 0.5) is 8.78 Å². The normalized spacial score (nSPS) is 12.4. The summed E-state index contributed by atoms with van der Waals surface area (Å²) in [7, 11) is 0. The Balaban J connectivity index is 2.19. The van der Waals surface area contributed by atoms with Crippen LogP contribution in [0.1, 0.15) is 17.2 Å². The topological polar surface area (TPSA) is 26.0 Å².